The summed E-state index contributed by atoms with van der Waals surface area (Å²) in [5.41, 5.74) is 6.36. The maximum atomic E-state index is 7.43. The highest BCUT2D eigenvalue weighted by Crippen LogP contribution is 2.26. The number of hydrogen-bond donors (Lipinski definition) is 2. The van der Waals surface area contributed by atoms with Gasteiger partial charge in [-0.3, -0.25) is 5.41 Å². The van der Waals surface area contributed by atoms with Crippen LogP contribution in [0.15, 0.2) is 18.3 Å². The molecule has 0 saturated heterocycles. The summed E-state index contributed by atoms with van der Waals surface area (Å²) in [6, 6.07) is 3.95. The largest absolute Gasteiger partial charge is 0.384 e. The van der Waals surface area contributed by atoms with E-state index >= 15 is 0 Å². The Morgan fingerprint density at radius 2 is 2.06 bits per heavy atom. The van der Waals surface area contributed by atoms with E-state index in [1.54, 1.807) is 12.3 Å². The van der Waals surface area contributed by atoms with Crippen LogP contribution >= 0.6 is 0 Å². The molecular formula is C13H22N4. The van der Waals surface area contributed by atoms with Crippen LogP contribution in [0.25, 0.3) is 0 Å². The van der Waals surface area contributed by atoms with Crippen LogP contribution in [0.5, 0.6) is 0 Å². The highest BCUT2D eigenvalue weighted by atomic mass is 15.2. The number of hydrogen-bond acceptors (Lipinski definition) is 3. The van der Waals surface area contributed by atoms with Gasteiger partial charge in [0.25, 0.3) is 0 Å². The van der Waals surface area contributed by atoms with Crippen molar-refractivity contribution in [2.24, 2.45) is 11.1 Å². The highest BCUT2D eigenvalue weighted by Gasteiger charge is 2.24. The zero-order valence-electron chi connectivity index (χ0n) is 11.3. The molecule has 1 aromatic rings. The molecule has 0 radical (unpaired) electrons. The minimum atomic E-state index is 0.0745. The van der Waals surface area contributed by atoms with E-state index in [1.807, 2.05) is 13.1 Å². The van der Waals surface area contributed by atoms with Gasteiger partial charge in [0.1, 0.15) is 11.7 Å². The second-order valence-corrected chi connectivity index (χ2v) is 5.47. The Labute approximate surface area is 103 Å². The number of anilines is 1. The van der Waals surface area contributed by atoms with Gasteiger partial charge in [0.2, 0.25) is 0 Å². The number of amidine groups is 1. The molecule has 4 heteroatoms. The lowest BCUT2D eigenvalue weighted by Crippen LogP contribution is -2.39. The fraction of sp³-hybridized carbons (Fsp3) is 0.538. The molecule has 0 aliphatic rings. The lowest BCUT2D eigenvalue weighted by Gasteiger charge is -2.36. The predicted octanol–water partition coefficient (Wildman–Crippen LogP) is 2.24. The van der Waals surface area contributed by atoms with Crippen LogP contribution in [-0.4, -0.2) is 23.9 Å². The molecule has 0 aliphatic heterocycles. The summed E-state index contributed by atoms with van der Waals surface area (Å²) in [7, 11) is 2.02. The van der Waals surface area contributed by atoms with E-state index in [4.69, 9.17) is 11.1 Å². The Hall–Kier alpha value is -1.58. The molecule has 0 fully saturated rings. The zero-order valence-corrected chi connectivity index (χ0v) is 11.3. The number of aromatic nitrogens is 1. The van der Waals surface area contributed by atoms with Crippen molar-refractivity contribution in [2.75, 3.05) is 11.9 Å². The molecule has 0 aliphatic carbocycles. The van der Waals surface area contributed by atoms with Crippen molar-refractivity contribution in [3.63, 3.8) is 0 Å². The topological polar surface area (TPSA) is 66.0 Å². The van der Waals surface area contributed by atoms with Gasteiger partial charge in [0, 0.05) is 24.8 Å². The maximum absolute atomic E-state index is 7.43. The average molecular weight is 234 g/mol. The van der Waals surface area contributed by atoms with E-state index in [0.717, 1.165) is 5.82 Å². The number of pyridine rings is 1. The van der Waals surface area contributed by atoms with Crippen molar-refractivity contribution in [3.05, 3.63) is 23.9 Å². The van der Waals surface area contributed by atoms with Gasteiger partial charge >= 0.3 is 0 Å². The lowest BCUT2D eigenvalue weighted by atomic mass is 9.87. The first-order chi connectivity index (χ1) is 7.73. The Kier molecular flexibility index (Phi) is 3.76. The van der Waals surface area contributed by atoms with Gasteiger partial charge in [-0.1, -0.05) is 20.8 Å². The number of nitrogens with zero attached hydrogens (tertiary/aromatic N) is 2. The van der Waals surface area contributed by atoms with Gasteiger partial charge in [-0.2, -0.15) is 0 Å². The van der Waals surface area contributed by atoms with Crippen molar-refractivity contribution < 1.29 is 0 Å². The van der Waals surface area contributed by atoms with Crippen LogP contribution < -0.4 is 10.6 Å². The molecular weight excluding hydrogens is 212 g/mol. The van der Waals surface area contributed by atoms with Crippen LogP contribution in [0, 0.1) is 10.8 Å². The Bertz CT molecular complexity index is 406. The summed E-state index contributed by atoms with van der Waals surface area (Å²) in [5, 5.41) is 7.43. The van der Waals surface area contributed by atoms with E-state index in [-0.39, 0.29) is 11.3 Å². The van der Waals surface area contributed by atoms with Gasteiger partial charge in [-0.15, -0.1) is 0 Å². The molecule has 1 aromatic heterocycles. The van der Waals surface area contributed by atoms with Crippen LogP contribution in [0.3, 0.4) is 0 Å². The molecule has 4 nitrogen and oxygen atoms in total. The first-order valence-corrected chi connectivity index (χ1v) is 5.76. The number of nitrogen functional groups attached to an aromatic ring is 1. The molecule has 94 valence electrons. The molecule has 1 heterocycles. The maximum Gasteiger partial charge on any atom is 0.129 e. The Morgan fingerprint density at radius 1 is 1.47 bits per heavy atom. The third-order valence-electron chi connectivity index (χ3n) is 3.25. The Balaban J connectivity index is 3.00. The number of nitrogens with one attached hydrogen (secondary N) is 1. The van der Waals surface area contributed by atoms with Crippen LogP contribution in [-0.2, 0) is 0 Å². The summed E-state index contributed by atoms with van der Waals surface area (Å²) >= 11 is 0. The monoisotopic (exact) mass is 234 g/mol. The van der Waals surface area contributed by atoms with Gasteiger partial charge in [-0.05, 0) is 24.5 Å². The average Bonchev–Trinajstić information content (AvgIpc) is 2.26. The van der Waals surface area contributed by atoms with Crippen LogP contribution in [0.1, 0.15) is 33.3 Å². The predicted molar refractivity (Wildman–Crippen MR) is 72.6 cm³/mol. The first kappa shape index (κ1) is 13.5. The fourth-order valence-corrected chi connectivity index (χ4v) is 1.56. The lowest BCUT2D eigenvalue weighted by molar-refractivity contribution is 0.328. The van der Waals surface area contributed by atoms with Gasteiger partial charge in [0.15, 0.2) is 0 Å². The summed E-state index contributed by atoms with van der Waals surface area (Å²) in [5.74, 6) is 0.922. The van der Waals surface area contributed by atoms with E-state index in [0.29, 0.717) is 11.6 Å². The number of rotatable bonds is 3. The van der Waals surface area contributed by atoms with Gasteiger partial charge < -0.3 is 10.6 Å². The molecule has 0 saturated carbocycles. The van der Waals surface area contributed by atoms with Crippen molar-refractivity contribution >= 4 is 11.7 Å². The van der Waals surface area contributed by atoms with Gasteiger partial charge in [0.05, 0.1) is 0 Å². The van der Waals surface area contributed by atoms with Crippen LogP contribution in [0.2, 0.25) is 0 Å². The van der Waals surface area contributed by atoms with E-state index in [1.165, 1.54) is 0 Å². The molecule has 3 N–H and O–H groups in total. The molecule has 0 spiro atoms. The molecule has 0 bridgehead atoms. The zero-order chi connectivity index (χ0) is 13.2. The second kappa shape index (κ2) is 4.73. The second-order valence-electron chi connectivity index (χ2n) is 5.47. The standard InChI is InChI=1S/C13H22N4/c1-9(13(2,3)4)17(5)11-8-10(12(14)15)6-7-16-11/h6-9H,1-5H3,(H3,14,15). The van der Waals surface area contributed by atoms with E-state index in [9.17, 15) is 0 Å². The SMILES string of the molecule is CC(N(C)c1cc(C(=N)N)ccn1)C(C)(C)C. The molecule has 0 aromatic carbocycles. The molecule has 0 amide bonds. The van der Waals surface area contributed by atoms with Crippen molar-refractivity contribution in [3.8, 4) is 0 Å². The first-order valence-electron chi connectivity index (χ1n) is 5.76. The van der Waals surface area contributed by atoms with Gasteiger partial charge in [-0.25, -0.2) is 4.98 Å². The minimum absolute atomic E-state index is 0.0745. The Morgan fingerprint density at radius 3 is 2.53 bits per heavy atom. The smallest absolute Gasteiger partial charge is 0.129 e. The van der Waals surface area contributed by atoms with E-state index in [2.05, 4.69) is 37.6 Å². The van der Waals surface area contributed by atoms with Crippen LogP contribution in [0.4, 0.5) is 5.82 Å². The van der Waals surface area contributed by atoms with Crippen molar-refractivity contribution in [1.29, 1.82) is 5.41 Å². The fourth-order valence-electron chi connectivity index (χ4n) is 1.56. The summed E-state index contributed by atoms with van der Waals surface area (Å²) < 4.78 is 0. The van der Waals surface area contributed by atoms with Crippen molar-refractivity contribution in [1.82, 2.24) is 4.98 Å². The van der Waals surface area contributed by atoms with E-state index < -0.39 is 0 Å². The molecule has 17 heavy (non-hydrogen) atoms. The summed E-state index contributed by atoms with van der Waals surface area (Å²) in [6.07, 6.45) is 1.69. The van der Waals surface area contributed by atoms with Crippen molar-refractivity contribution in [2.45, 2.75) is 33.7 Å². The molecule has 1 unspecified atom stereocenters. The number of nitrogens with two attached hydrogens (primary N) is 1. The molecule has 1 rings (SSSR count). The quantitative estimate of drug-likeness (QED) is 0.622. The third-order valence-corrected chi connectivity index (χ3v) is 3.25. The third kappa shape index (κ3) is 3.19. The summed E-state index contributed by atoms with van der Waals surface area (Å²) in [4.78, 5) is 6.45. The normalized spacial score (nSPS) is 13.2. The molecule has 1 atom stereocenters. The summed E-state index contributed by atoms with van der Waals surface area (Å²) in [6.45, 7) is 8.76. The highest BCUT2D eigenvalue weighted by molar-refractivity contribution is 5.95. The minimum Gasteiger partial charge on any atom is -0.384 e.